The molecule has 6 N–H and O–H groups in total. The van der Waals surface area contributed by atoms with E-state index in [2.05, 4.69) is 30.8 Å². The highest BCUT2D eigenvalue weighted by atomic mass is 32.1. The van der Waals surface area contributed by atoms with Crippen LogP contribution in [0.5, 0.6) is 0 Å². The van der Waals surface area contributed by atoms with E-state index < -0.39 is 23.9 Å². The zero-order chi connectivity index (χ0) is 20.6. The van der Waals surface area contributed by atoms with Gasteiger partial charge in [-0.1, -0.05) is 0 Å². The maximum absolute atomic E-state index is 13.9. The standard InChI is InChI=1S/C17H18F2N8OS/c18-17(19)5-1-2-10(13(17)20)24-16-25-15(12(14(21)28)26-27-16)23-8-3-4-9-11(6-8)29-7-22-9/h3-4,6-7,10,13H,1-2,5,20H2,(H2,21,28)(H2,23,24,25,27)/t10-,13-/m1/s1. The number of carbonyl (C=O) groups excluding carboxylic acids is 1. The molecule has 0 saturated heterocycles. The molecule has 29 heavy (non-hydrogen) atoms. The third-order valence-corrected chi connectivity index (χ3v) is 5.57. The average Bonchev–Trinajstić information content (AvgIpc) is 3.13. The number of thiazole rings is 1. The summed E-state index contributed by atoms with van der Waals surface area (Å²) in [5.41, 5.74) is 14.1. The van der Waals surface area contributed by atoms with E-state index in [0.29, 0.717) is 18.5 Å². The van der Waals surface area contributed by atoms with Gasteiger partial charge in [0.15, 0.2) is 11.5 Å². The van der Waals surface area contributed by atoms with Crippen molar-refractivity contribution < 1.29 is 13.6 Å². The Morgan fingerprint density at radius 2 is 2.14 bits per heavy atom. The molecular weight excluding hydrogens is 402 g/mol. The summed E-state index contributed by atoms with van der Waals surface area (Å²) in [6, 6.07) is 3.32. The number of nitrogens with one attached hydrogen (secondary N) is 2. The molecule has 12 heteroatoms. The molecule has 0 aliphatic heterocycles. The predicted molar refractivity (Wildman–Crippen MR) is 105 cm³/mol. The van der Waals surface area contributed by atoms with Crippen molar-refractivity contribution in [1.29, 1.82) is 0 Å². The number of carbonyl (C=O) groups is 1. The first kappa shape index (κ1) is 19.3. The van der Waals surface area contributed by atoms with Gasteiger partial charge in [0.1, 0.15) is 0 Å². The molecule has 2 aromatic heterocycles. The number of fused-ring (bicyclic) bond motifs is 1. The summed E-state index contributed by atoms with van der Waals surface area (Å²) in [5, 5.41) is 13.4. The van der Waals surface area contributed by atoms with Crippen molar-refractivity contribution in [3.63, 3.8) is 0 Å². The lowest BCUT2D eigenvalue weighted by Gasteiger charge is -2.35. The van der Waals surface area contributed by atoms with E-state index in [9.17, 15) is 13.6 Å². The van der Waals surface area contributed by atoms with Crippen LogP contribution in [0.4, 0.5) is 26.2 Å². The van der Waals surface area contributed by atoms with Gasteiger partial charge in [-0.25, -0.2) is 13.8 Å². The Bertz CT molecular complexity index is 1060. The normalized spacial score (nSPS) is 21.1. The Labute approximate surface area is 167 Å². The second kappa shape index (κ2) is 7.44. The number of hydrogen-bond acceptors (Lipinski definition) is 9. The van der Waals surface area contributed by atoms with E-state index in [-0.39, 0.29) is 23.9 Å². The first-order valence-electron chi connectivity index (χ1n) is 8.88. The molecule has 1 saturated carbocycles. The van der Waals surface area contributed by atoms with Gasteiger partial charge >= 0.3 is 0 Å². The molecule has 9 nitrogen and oxygen atoms in total. The summed E-state index contributed by atoms with van der Waals surface area (Å²) in [4.78, 5) is 20.1. The molecule has 1 aliphatic rings. The van der Waals surface area contributed by atoms with Gasteiger partial charge in [-0.15, -0.1) is 21.5 Å². The van der Waals surface area contributed by atoms with Crippen molar-refractivity contribution in [2.45, 2.75) is 37.3 Å². The zero-order valence-corrected chi connectivity index (χ0v) is 15.9. The third kappa shape index (κ3) is 3.93. The highest BCUT2D eigenvalue weighted by Crippen LogP contribution is 2.33. The van der Waals surface area contributed by atoms with Crippen LogP contribution >= 0.6 is 11.3 Å². The van der Waals surface area contributed by atoms with Crippen LogP contribution in [-0.4, -0.2) is 44.1 Å². The lowest BCUT2D eigenvalue weighted by atomic mass is 9.87. The fourth-order valence-electron chi connectivity index (χ4n) is 3.24. The third-order valence-electron chi connectivity index (χ3n) is 4.78. The van der Waals surface area contributed by atoms with E-state index >= 15 is 0 Å². The number of amides is 1. The van der Waals surface area contributed by atoms with Crippen LogP contribution in [0.3, 0.4) is 0 Å². The molecule has 0 unspecified atom stereocenters. The number of halogens is 2. The second-order valence-electron chi connectivity index (χ2n) is 6.79. The summed E-state index contributed by atoms with van der Waals surface area (Å²) in [6.45, 7) is 0. The summed E-state index contributed by atoms with van der Waals surface area (Å²) in [6.07, 6.45) is 0.520. The maximum atomic E-state index is 13.9. The average molecular weight is 420 g/mol. The van der Waals surface area contributed by atoms with Crippen LogP contribution in [0.15, 0.2) is 23.7 Å². The molecule has 152 valence electrons. The van der Waals surface area contributed by atoms with E-state index in [1.807, 2.05) is 12.1 Å². The van der Waals surface area contributed by atoms with Gasteiger partial charge in [0, 0.05) is 12.1 Å². The smallest absolute Gasteiger partial charge is 0.273 e. The number of benzene rings is 1. The van der Waals surface area contributed by atoms with Crippen LogP contribution in [0.25, 0.3) is 10.2 Å². The lowest BCUT2D eigenvalue weighted by molar-refractivity contribution is -0.0555. The highest BCUT2D eigenvalue weighted by Gasteiger charge is 2.45. The molecule has 3 aromatic rings. The van der Waals surface area contributed by atoms with Crippen LogP contribution in [0.1, 0.15) is 29.8 Å². The maximum Gasteiger partial charge on any atom is 0.273 e. The van der Waals surface area contributed by atoms with Crippen molar-refractivity contribution in [3.8, 4) is 0 Å². The Morgan fingerprint density at radius 1 is 1.31 bits per heavy atom. The number of nitrogens with zero attached hydrogens (tertiary/aromatic N) is 4. The van der Waals surface area contributed by atoms with E-state index in [0.717, 1.165) is 10.2 Å². The lowest BCUT2D eigenvalue weighted by Crippen LogP contribution is -2.55. The molecule has 1 aliphatic carbocycles. The monoisotopic (exact) mass is 420 g/mol. The van der Waals surface area contributed by atoms with Crippen LogP contribution in [0.2, 0.25) is 0 Å². The number of rotatable bonds is 5. The van der Waals surface area contributed by atoms with Crippen LogP contribution in [-0.2, 0) is 0 Å². The first-order chi connectivity index (χ1) is 13.8. The minimum absolute atomic E-state index is 0.0190. The molecule has 2 heterocycles. The van der Waals surface area contributed by atoms with Gasteiger partial charge in [0.05, 0.1) is 27.8 Å². The minimum atomic E-state index is -2.97. The fourth-order valence-corrected chi connectivity index (χ4v) is 3.95. The van der Waals surface area contributed by atoms with Crippen molar-refractivity contribution >= 4 is 44.9 Å². The largest absolute Gasteiger partial charge is 0.364 e. The molecule has 1 aromatic carbocycles. The van der Waals surface area contributed by atoms with Crippen molar-refractivity contribution in [2.24, 2.45) is 11.5 Å². The van der Waals surface area contributed by atoms with Crippen molar-refractivity contribution in [3.05, 3.63) is 29.4 Å². The Hall–Kier alpha value is -2.99. The van der Waals surface area contributed by atoms with E-state index in [1.165, 1.54) is 11.3 Å². The Morgan fingerprint density at radius 3 is 2.93 bits per heavy atom. The minimum Gasteiger partial charge on any atom is -0.364 e. The van der Waals surface area contributed by atoms with Crippen molar-refractivity contribution in [1.82, 2.24) is 20.2 Å². The van der Waals surface area contributed by atoms with E-state index in [4.69, 9.17) is 11.5 Å². The SMILES string of the molecule is NC(=O)c1nnc(N[C@@H]2CCCC(F)(F)[C@@H]2N)nc1Nc1ccc2ncsc2c1. The van der Waals surface area contributed by atoms with Gasteiger partial charge in [-0.05, 0) is 31.0 Å². The molecule has 0 spiro atoms. The molecular formula is C17H18F2N8OS. The number of hydrogen-bond donors (Lipinski definition) is 4. The van der Waals surface area contributed by atoms with Crippen LogP contribution in [0, 0.1) is 0 Å². The predicted octanol–water partition coefficient (Wildman–Crippen LogP) is 2.25. The van der Waals surface area contributed by atoms with Gasteiger partial charge in [0.25, 0.3) is 11.8 Å². The second-order valence-corrected chi connectivity index (χ2v) is 7.67. The quantitative estimate of drug-likeness (QED) is 0.492. The fraction of sp³-hybridized carbons (Fsp3) is 0.353. The van der Waals surface area contributed by atoms with Gasteiger partial charge in [-0.2, -0.15) is 4.98 Å². The molecule has 0 radical (unpaired) electrons. The summed E-state index contributed by atoms with van der Waals surface area (Å²) in [5.74, 6) is -3.75. The summed E-state index contributed by atoms with van der Waals surface area (Å²) < 4.78 is 28.7. The molecule has 1 fully saturated rings. The number of nitrogens with two attached hydrogens (primary N) is 2. The molecule has 1 amide bonds. The first-order valence-corrected chi connectivity index (χ1v) is 9.76. The molecule has 0 bridgehead atoms. The molecule has 2 atom stereocenters. The van der Waals surface area contributed by atoms with Crippen LogP contribution < -0.4 is 22.1 Å². The molecule has 4 rings (SSSR count). The van der Waals surface area contributed by atoms with Gasteiger partial charge in [-0.3, -0.25) is 4.79 Å². The van der Waals surface area contributed by atoms with Gasteiger partial charge in [0.2, 0.25) is 5.95 Å². The number of aromatic nitrogens is 4. The summed E-state index contributed by atoms with van der Waals surface area (Å²) in [7, 11) is 0. The van der Waals surface area contributed by atoms with E-state index in [1.54, 1.807) is 11.6 Å². The zero-order valence-electron chi connectivity index (χ0n) is 15.1. The highest BCUT2D eigenvalue weighted by molar-refractivity contribution is 7.16. The van der Waals surface area contributed by atoms with Crippen molar-refractivity contribution in [2.75, 3.05) is 10.6 Å². The number of primary amides is 1. The van der Waals surface area contributed by atoms with Gasteiger partial charge < -0.3 is 22.1 Å². The number of alkyl halides is 2. The topological polar surface area (TPSA) is 145 Å². The number of anilines is 3. The summed E-state index contributed by atoms with van der Waals surface area (Å²) >= 11 is 1.46. The Kier molecular flexibility index (Phi) is 4.96. The Balaban J connectivity index is 1.61.